The van der Waals surface area contributed by atoms with Crippen molar-refractivity contribution in [1.29, 1.82) is 0 Å². The summed E-state index contributed by atoms with van der Waals surface area (Å²) >= 11 is 1.42. The number of aliphatic imine (C=N–C) groups is 1. The second-order valence-electron chi connectivity index (χ2n) is 5.08. The summed E-state index contributed by atoms with van der Waals surface area (Å²) in [6.45, 7) is 2.72. The highest BCUT2D eigenvalue weighted by molar-refractivity contribution is 8.18. The van der Waals surface area contributed by atoms with Crippen LogP contribution in [-0.4, -0.2) is 27.5 Å². The van der Waals surface area contributed by atoms with Crippen molar-refractivity contribution in [1.82, 2.24) is 9.88 Å². The Morgan fingerprint density at radius 2 is 2.04 bits per heavy atom. The van der Waals surface area contributed by atoms with Gasteiger partial charge >= 0.3 is 0 Å². The molecule has 0 saturated carbocycles. The summed E-state index contributed by atoms with van der Waals surface area (Å²) in [4.78, 5) is 23.8. The van der Waals surface area contributed by atoms with Crippen LogP contribution < -0.4 is 0 Å². The summed E-state index contributed by atoms with van der Waals surface area (Å²) in [5.74, 6) is 0.00961. The maximum absolute atomic E-state index is 12.6. The summed E-state index contributed by atoms with van der Waals surface area (Å²) < 4.78 is 0. The van der Waals surface area contributed by atoms with Crippen LogP contribution in [0.25, 0.3) is 6.08 Å². The fourth-order valence-corrected chi connectivity index (χ4v) is 3.26. The zero-order chi connectivity index (χ0) is 16.1. The fraction of sp³-hybridized carbons (Fsp3) is 0.167. The average molecular weight is 323 g/mol. The Kier molecular flexibility index (Phi) is 4.88. The van der Waals surface area contributed by atoms with Crippen LogP contribution in [0, 0.1) is 0 Å². The number of benzene rings is 1. The number of hydrogen-bond acceptors (Lipinski definition) is 4. The number of rotatable bonds is 4. The Bertz CT molecular complexity index is 741. The molecule has 3 rings (SSSR count). The topological polar surface area (TPSA) is 45.6 Å². The Labute approximate surface area is 140 Å². The number of nitrogens with zero attached hydrogens (tertiary/aromatic N) is 3. The second-order valence-corrected chi connectivity index (χ2v) is 6.09. The van der Waals surface area contributed by atoms with Crippen molar-refractivity contribution in [3.63, 3.8) is 0 Å². The number of aromatic nitrogens is 1. The van der Waals surface area contributed by atoms with Crippen molar-refractivity contribution >= 4 is 34.6 Å². The van der Waals surface area contributed by atoms with Gasteiger partial charge in [0.05, 0.1) is 10.6 Å². The molecule has 0 spiro atoms. The molecule has 1 aromatic carbocycles. The van der Waals surface area contributed by atoms with Gasteiger partial charge in [0, 0.05) is 18.9 Å². The molecule has 0 unspecified atom stereocenters. The number of thioether (sulfide) groups is 1. The summed E-state index contributed by atoms with van der Waals surface area (Å²) in [6.07, 6.45) is 6.23. The summed E-state index contributed by atoms with van der Waals surface area (Å²) in [5, 5.41) is 0.734. The number of amides is 1. The standard InChI is InChI=1S/C18H17N3OS/c1-2-11-21-17(22)16(12-14-7-6-10-19-13-14)23-18(21)20-15-8-4-3-5-9-15/h3-10,12-13H,2,11H2,1H3/b16-12+,20-18?. The lowest BCUT2D eigenvalue weighted by Crippen LogP contribution is -2.29. The molecule has 1 aromatic heterocycles. The molecule has 1 amide bonds. The van der Waals surface area contributed by atoms with Crippen molar-refractivity contribution in [3.05, 3.63) is 65.3 Å². The summed E-state index contributed by atoms with van der Waals surface area (Å²) in [7, 11) is 0. The van der Waals surface area contributed by atoms with E-state index in [0.29, 0.717) is 11.4 Å². The molecule has 0 aliphatic carbocycles. The number of amidine groups is 1. The molecular weight excluding hydrogens is 306 g/mol. The normalized spacial score (nSPS) is 18.1. The van der Waals surface area contributed by atoms with Crippen LogP contribution in [0.15, 0.2) is 64.8 Å². The summed E-state index contributed by atoms with van der Waals surface area (Å²) in [6, 6.07) is 13.5. The van der Waals surface area contributed by atoms with Gasteiger partial charge in [0.2, 0.25) is 0 Å². The van der Waals surface area contributed by atoms with Crippen molar-refractivity contribution in [2.45, 2.75) is 13.3 Å². The van der Waals surface area contributed by atoms with Crippen LogP contribution in [0.4, 0.5) is 5.69 Å². The van der Waals surface area contributed by atoms with E-state index in [4.69, 9.17) is 0 Å². The van der Waals surface area contributed by atoms with Gasteiger partial charge in [-0.15, -0.1) is 0 Å². The zero-order valence-electron chi connectivity index (χ0n) is 12.8. The smallest absolute Gasteiger partial charge is 0.266 e. The van der Waals surface area contributed by atoms with E-state index >= 15 is 0 Å². The van der Waals surface area contributed by atoms with Gasteiger partial charge in [-0.25, -0.2) is 4.99 Å². The predicted molar refractivity (Wildman–Crippen MR) is 95.3 cm³/mol. The first-order valence-corrected chi connectivity index (χ1v) is 8.35. The van der Waals surface area contributed by atoms with E-state index in [1.54, 1.807) is 17.3 Å². The molecule has 1 aliphatic rings. The third-order valence-electron chi connectivity index (χ3n) is 3.30. The first-order valence-electron chi connectivity index (χ1n) is 7.53. The van der Waals surface area contributed by atoms with E-state index in [1.165, 1.54) is 11.8 Å². The molecule has 0 bridgehead atoms. The zero-order valence-corrected chi connectivity index (χ0v) is 13.7. The molecular formula is C18H17N3OS. The number of pyridine rings is 1. The third-order valence-corrected chi connectivity index (χ3v) is 4.31. The number of para-hydroxylation sites is 1. The highest BCUT2D eigenvalue weighted by Gasteiger charge is 2.32. The minimum Gasteiger partial charge on any atom is -0.286 e. The molecule has 1 saturated heterocycles. The minimum absolute atomic E-state index is 0.00961. The van der Waals surface area contributed by atoms with Crippen molar-refractivity contribution in [2.24, 2.45) is 4.99 Å². The first-order chi connectivity index (χ1) is 11.3. The van der Waals surface area contributed by atoms with Crippen LogP contribution in [-0.2, 0) is 4.79 Å². The van der Waals surface area contributed by atoms with Gasteiger partial charge in [-0.3, -0.25) is 14.7 Å². The van der Waals surface area contributed by atoms with Gasteiger partial charge in [0.1, 0.15) is 0 Å². The lowest BCUT2D eigenvalue weighted by molar-refractivity contribution is -0.122. The molecule has 23 heavy (non-hydrogen) atoms. The highest BCUT2D eigenvalue weighted by Crippen LogP contribution is 2.34. The van der Waals surface area contributed by atoms with Crippen LogP contribution in [0.3, 0.4) is 0 Å². The molecule has 2 heterocycles. The molecule has 1 aliphatic heterocycles. The highest BCUT2D eigenvalue weighted by atomic mass is 32.2. The van der Waals surface area contributed by atoms with Crippen molar-refractivity contribution < 1.29 is 4.79 Å². The van der Waals surface area contributed by atoms with Gasteiger partial charge in [0.25, 0.3) is 5.91 Å². The Hall–Kier alpha value is -2.40. The number of hydrogen-bond donors (Lipinski definition) is 0. The Morgan fingerprint density at radius 1 is 1.22 bits per heavy atom. The molecule has 0 N–H and O–H groups in total. The summed E-state index contributed by atoms with van der Waals surface area (Å²) in [5.41, 5.74) is 1.77. The fourth-order valence-electron chi connectivity index (χ4n) is 2.24. The molecule has 4 nitrogen and oxygen atoms in total. The van der Waals surface area contributed by atoms with Gasteiger partial charge in [-0.1, -0.05) is 31.2 Å². The predicted octanol–water partition coefficient (Wildman–Crippen LogP) is 4.10. The lowest BCUT2D eigenvalue weighted by atomic mass is 10.2. The van der Waals surface area contributed by atoms with Gasteiger partial charge in [-0.05, 0) is 48.0 Å². The quantitative estimate of drug-likeness (QED) is 0.796. The average Bonchev–Trinajstić information content (AvgIpc) is 2.86. The van der Waals surface area contributed by atoms with Gasteiger partial charge < -0.3 is 0 Å². The molecule has 2 aromatic rings. The van der Waals surface area contributed by atoms with Crippen molar-refractivity contribution in [3.8, 4) is 0 Å². The number of carbonyl (C=O) groups is 1. The van der Waals surface area contributed by atoms with E-state index in [2.05, 4.69) is 16.9 Å². The first kappa shape index (κ1) is 15.5. The van der Waals surface area contributed by atoms with Crippen LogP contribution in [0.2, 0.25) is 0 Å². The van der Waals surface area contributed by atoms with Crippen molar-refractivity contribution in [2.75, 3.05) is 6.54 Å². The molecule has 5 heteroatoms. The SMILES string of the molecule is CCCN1C(=O)/C(=C\c2cccnc2)SC1=Nc1ccccc1. The molecule has 116 valence electrons. The lowest BCUT2D eigenvalue weighted by Gasteiger charge is -2.13. The van der Waals surface area contributed by atoms with Crippen LogP contribution in [0.5, 0.6) is 0 Å². The van der Waals surface area contributed by atoms with E-state index in [0.717, 1.165) is 22.8 Å². The van der Waals surface area contributed by atoms with Gasteiger partial charge in [-0.2, -0.15) is 0 Å². The molecule has 0 atom stereocenters. The maximum Gasteiger partial charge on any atom is 0.266 e. The maximum atomic E-state index is 12.6. The van der Waals surface area contributed by atoms with Crippen LogP contribution in [0.1, 0.15) is 18.9 Å². The molecule has 1 fully saturated rings. The third kappa shape index (κ3) is 3.68. The molecule has 0 radical (unpaired) electrons. The van der Waals surface area contributed by atoms with E-state index in [-0.39, 0.29) is 5.91 Å². The van der Waals surface area contributed by atoms with E-state index in [1.807, 2.05) is 48.5 Å². The minimum atomic E-state index is 0.00961. The number of carbonyl (C=O) groups excluding carboxylic acids is 1. The van der Waals surface area contributed by atoms with Gasteiger partial charge in [0.15, 0.2) is 5.17 Å². The second kappa shape index (κ2) is 7.24. The Balaban J connectivity index is 1.93. The Morgan fingerprint density at radius 3 is 2.74 bits per heavy atom. The largest absolute Gasteiger partial charge is 0.286 e. The van der Waals surface area contributed by atoms with E-state index in [9.17, 15) is 4.79 Å². The van der Waals surface area contributed by atoms with E-state index < -0.39 is 0 Å². The monoisotopic (exact) mass is 323 g/mol. The van der Waals surface area contributed by atoms with Crippen LogP contribution >= 0.6 is 11.8 Å².